The fraction of sp³-hybridized carbons (Fsp3) is 0.143. The van der Waals surface area contributed by atoms with Crippen LogP contribution in [-0.4, -0.2) is 5.03 Å². The van der Waals surface area contributed by atoms with Gasteiger partial charge in [0.05, 0.1) is 0 Å². The van der Waals surface area contributed by atoms with Crippen LogP contribution in [0.5, 0.6) is 0 Å². The molecular weight excluding hydrogens is 160 g/mol. The van der Waals surface area contributed by atoms with Crippen LogP contribution in [-0.2, 0) is 11.4 Å². The highest BCUT2D eigenvalue weighted by atomic mass is 16.8. The van der Waals surface area contributed by atoms with Crippen molar-refractivity contribution in [3.8, 4) is 0 Å². The fourth-order valence-electron chi connectivity index (χ4n) is 0.743. The summed E-state index contributed by atoms with van der Waals surface area (Å²) in [7, 11) is 0. The fourth-order valence-corrected chi connectivity index (χ4v) is 0.743. The third-order valence-electron chi connectivity index (χ3n) is 1.22. The predicted octanol–water partition coefficient (Wildman–Crippen LogP) is 0.899. The molecule has 5 heteroatoms. The molecule has 1 N–H and O–H groups in total. The van der Waals surface area contributed by atoms with Gasteiger partial charge in [-0.05, 0) is 11.2 Å². The largest absolute Gasteiger partial charge is 0.233 e. The second-order valence-electron chi connectivity index (χ2n) is 2.12. The van der Waals surface area contributed by atoms with Gasteiger partial charge in [0, 0.05) is 0 Å². The van der Waals surface area contributed by atoms with E-state index >= 15 is 0 Å². The molecule has 0 atom stereocenters. The Hall–Kier alpha value is -1.62. The van der Waals surface area contributed by atoms with Gasteiger partial charge >= 0.3 is 0 Å². The SMILES string of the molecule is O=[N+]([O-])NOCc1ccccc1. The van der Waals surface area contributed by atoms with Crippen LogP contribution in [0.1, 0.15) is 5.56 Å². The molecule has 0 unspecified atom stereocenters. The summed E-state index contributed by atoms with van der Waals surface area (Å²) in [6, 6.07) is 9.18. The van der Waals surface area contributed by atoms with Gasteiger partial charge in [0.2, 0.25) is 0 Å². The number of benzene rings is 1. The molecule has 0 radical (unpaired) electrons. The van der Waals surface area contributed by atoms with Crippen LogP contribution in [0.3, 0.4) is 0 Å². The molecule has 0 aliphatic heterocycles. The monoisotopic (exact) mass is 168 g/mol. The molecule has 0 aromatic heterocycles. The van der Waals surface area contributed by atoms with Gasteiger partial charge in [-0.1, -0.05) is 30.3 Å². The van der Waals surface area contributed by atoms with E-state index in [0.717, 1.165) is 5.56 Å². The molecule has 0 aliphatic rings. The van der Waals surface area contributed by atoms with E-state index in [9.17, 15) is 10.1 Å². The molecule has 0 saturated carbocycles. The van der Waals surface area contributed by atoms with E-state index in [4.69, 9.17) is 0 Å². The van der Waals surface area contributed by atoms with Gasteiger partial charge in [0.1, 0.15) is 6.61 Å². The summed E-state index contributed by atoms with van der Waals surface area (Å²) < 4.78 is 0. The van der Waals surface area contributed by atoms with Crippen molar-refractivity contribution in [1.82, 2.24) is 5.59 Å². The van der Waals surface area contributed by atoms with Crippen LogP contribution in [0.2, 0.25) is 0 Å². The Balaban J connectivity index is 2.29. The summed E-state index contributed by atoms with van der Waals surface area (Å²) in [6.45, 7) is 0.182. The maximum Gasteiger partial charge on any atom is 0.184 e. The zero-order valence-electron chi connectivity index (χ0n) is 6.27. The molecule has 1 aromatic rings. The van der Waals surface area contributed by atoms with E-state index in [-0.39, 0.29) is 6.61 Å². The average molecular weight is 168 g/mol. The van der Waals surface area contributed by atoms with Crippen molar-refractivity contribution < 1.29 is 9.87 Å². The Labute approximate surface area is 69.0 Å². The lowest BCUT2D eigenvalue weighted by molar-refractivity contribution is -0.608. The highest BCUT2D eigenvalue weighted by Gasteiger charge is 1.94. The van der Waals surface area contributed by atoms with Gasteiger partial charge in [-0.15, -0.1) is 0 Å². The van der Waals surface area contributed by atoms with Crippen LogP contribution in [0.4, 0.5) is 0 Å². The molecule has 0 fully saturated rings. The Kier molecular flexibility index (Phi) is 3.04. The molecule has 0 heterocycles. The average Bonchev–Trinajstić information content (AvgIpc) is 2.05. The summed E-state index contributed by atoms with van der Waals surface area (Å²) >= 11 is 0. The maximum absolute atomic E-state index is 9.76. The number of hydrogen-bond acceptors (Lipinski definition) is 3. The van der Waals surface area contributed by atoms with Gasteiger partial charge in [-0.25, -0.2) is 15.0 Å². The summed E-state index contributed by atoms with van der Waals surface area (Å²) in [4.78, 5) is 14.3. The standard InChI is InChI=1S/C7H8N2O3/c10-9(11)8-12-6-7-4-2-1-3-5-7/h1-5,8H,6H2. The number of hydrogen-bond donors (Lipinski definition) is 1. The highest BCUT2D eigenvalue weighted by Crippen LogP contribution is 1.98. The van der Waals surface area contributed by atoms with E-state index in [2.05, 4.69) is 4.84 Å². The second-order valence-corrected chi connectivity index (χ2v) is 2.12. The van der Waals surface area contributed by atoms with Gasteiger partial charge in [0.15, 0.2) is 5.03 Å². The minimum atomic E-state index is -0.747. The quantitative estimate of drug-likeness (QED) is 0.535. The first-order chi connectivity index (χ1) is 5.79. The van der Waals surface area contributed by atoms with E-state index < -0.39 is 5.03 Å². The zero-order chi connectivity index (χ0) is 8.81. The first-order valence-corrected chi connectivity index (χ1v) is 3.35. The first kappa shape index (κ1) is 8.48. The van der Waals surface area contributed by atoms with Gasteiger partial charge in [-0.2, -0.15) is 0 Å². The Morgan fingerprint density at radius 3 is 2.67 bits per heavy atom. The summed E-state index contributed by atoms with van der Waals surface area (Å²) in [6.07, 6.45) is 0. The lowest BCUT2D eigenvalue weighted by Crippen LogP contribution is -2.21. The molecule has 0 bridgehead atoms. The Morgan fingerprint density at radius 1 is 1.42 bits per heavy atom. The van der Waals surface area contributed by atoms with Gasteiger partial charge < -0.3 is 0 Å². The number of nitrogens with zero attached hydrogens (tertiary/aromatic N) is 1. The molecule has 1 rings (SSSR count). The number of rotatable bonds is 4. The summed E-state index contributed by atoms with van der Waals surface area (Å²) in [5.41, 5.74) is 2.50. The maximum atomic E-state index is 9.76. The number of nitro groups is 1. The van der Waals surface area contributed by atoms with Crippen LogP contribution in [0.25, 0.3) is 0 Å². The van der Waals surface area contributed by atoms with Crippen molar-refractivity contribution in [1.29, 1.82) is 0 Å². The van der Waals surface area contributed by atoms with Crippen LogP contribution in [0.15, 0.2) is 30.3 Å². The van der Waals surface area contributed by atoms with E-state index in [0.29, 0.717) is 0 Å². The van der Waals surface area contributed by atoms with E-state index in [1.165, 1.54) is 0 Å². The summed E-state index contributed by atoms with van der Waals surface area (Å²) in [5, 5.41) is 9.01. The van der Waals surface area contributed by atoms with Crippen LogP contribution in [0, 0.1) is 10.1 Å². The first-order valence-electron chi connectivity index (χ1n) is 3.35. The second kappa shape index (κ2) is 4.30. The summed E-state index contributed by atoms with van der Waals surface area (Å²) in [5.74, 6) is 0. The van der Waals surface area contributed by atoms with Crippen LogP contribution >= 0.6 is 0 Å². The normalized spacial score (nSPS) is 9.33. The van der Waals surface area contributed by atoms with E-state index in [1.54, 1.807) is 5.59 Å². The molecule has 5 nitrogen and oxygen atoms in total. The Morgan fingerprint density at radius 2 is 2.08 bits per heavy atom. The topological polar surface area (TPSA) is 64.4 Å². The van der Waals surface area contributed by atoms with Gasteiger partial charge in [0.25, 0.3) is 0 Å². The van der Waals surface area contributed by atoms with Crippen molar-refractivity contribution in [3.63, 3.8) is 0 Å². The smallest absolute Gasteiger partial charge is 0.184 e. The molecule has 0 saturated heterocycles. The number of nitrogens with one attached hydrogen (secondary N) is 1. The minimum Gasteiger partial charge on any atom is -0.233 e. The van der Waals surface area contributed by atoms with Crippen LogP contribution < -0.4 is 5.59 Å². The molecule has 64 valence electrons. The molecule has 0 spiro atoms. The van der Waals surface area contributed by atoms with Crippen molar-refractivity contribution in [3.05, 3.63) is 46.0 Å². The van der Waals surface area contributed by atoms with Gasteiger partial charge in [-0.3, -0.25) is 0 Å². The number of hydrazine groups is 1. The van der Waals surface area contributed by atoms with Crippen molar-refractivity contribution in [2.24, 2.45) is 0 Å². The lowest BCUT2D eigenvalue weighted by atomic mass is 10.2. The van der Waals surface area contributed by atoms with E-state index in [1.807, 2.05) is 30.3 Å². The van der Waals surface area contributed by atoms with Crippen molar-refractivity contribution in [2.45, 2.75) is 6.61 Å². The molecular formula is C7H8N2O3. The molecule has 12 heavy (non-hydrogen) atoms. The minimum absolute atomic E-state index is 0.182. The molecule has 0 amide bonds. The molecule has 1 aromatic carbocycles. The lowest BCUT2D eigenvalue weighted by Gasteiger charge is -1.98. The third kappa shape index (κ3) is 2.98. The molecule has 0 aliphatic carbocycles. The third-order valence-corrected chi connectivity index (χ3v) is 1.22. The predicted molar refractivity (Wildman–Crippen MR) is 41.4 cm³/mol. The van der Waals surface area contributed by atoms with Crippen molar-refractivity contribution >= 4 is 0 Å². The highest BCUT2D eigenvalue weighted by molar-refractivity contribution is 5.13. The zero-order valence-corrected chi connectivity index (χ0v) is 6.27. The van der Waals surface area contributed by atoms with Crippen molar-refractivity contribution in [2.75, 3.05) is 0 Å². The Bertz CT molecular complexity index is 250.